The Bertz CT molecular complexity index is 1510. The Hall–Kier alpha value is -4.57. The van der Waals surface area contributed by atoms with Gasteiger partial charge in [0.15, 0.2) is 5.75 Å². The highest BCUT2D eigenvalue weighted by atomic mass is 32.2. The third-order valence-corrected chi connectivity index (χ3v) is 6.56. The molecule has 9 nitrogen and oxygen atoms in total. The molecule has 3 heterocycles. The number of hydrogen-bond donors (Lipinski definition) is 1. The Labute approximate surface area is 194 Å². The third-order valence-electron chi connectivity index (χ3n) is 5.08. The lowest BCUT2D eigenvalue weighted by atomic mass is 10.2. The first-order valence-electron chi connectivity index (χ1n) is 10.1. The molecule has 0 atom stereocenters. The highest BCUT2D eigenvalue weighted by Gasteiger charge is 2.31. The van der Waals surface area contributed by atoms with Gasteiger partial charge in [-0.2, -0.15) is 0 Å². The number of carbonyl (C=O) groups is 2. The maximum atomic E-state index is 13.4. The van der Waals surface area contributed by atoms with Gasteiger partial charge in [0, 0.05) is 30.3 Å². The van der Waals surface area contributed by atoms with Crippen molar-refractivity contribution in [2.75, 3.05) is 10.2 Å². The molecule has 0 fully saturated rings. The standard InChI is InChI=1S/C24H16N4O5S/c29-23-19-7-4-12-26-22(19)33-21-15-16(8-9-20(21)28(23)17-10-13-25-14-11-17)27-24(30)34(31,32)18-5-2-1-3-6-18/h1-15H,(H,27,30). The molecule has 0 saturated carbocycles. The van der Waals surface area contributed by atoms with Crippen LogP contribution in [0.5, 0.6) is 11.6 Å². The number of fused-ring (bicyclic) bond motifs is 2. The average Bonchev–Trinajstić information content (AvgIpc) is 2.98. The highest BCUT2D eigenvalue weighted by Crippen LogP contribution is 2.42. The van der Waals surface area contributed by atoms with Gasteiger partial charge >= 0.3 is 5.24 Å². The van der Waals surface area contributed by atoms with E-state index in [1.54, 1.807) is 48.8 Å². The van der Waals surface area contributed by atoms with Crippen molar-refractivity contribution in [2.45, 2.75) is 4.90 Å². The van der Waals surface area contributed by atoms with E-state index < -0.39 is 15.1 Å². The van der Waals surface area contributed by atoms with E-state index in [1.165, 1.54) is 47.5 Å². The summed E-state index contributed by atoms with van der Waals surface area (Å²) >= 11 is 0. The van der Waals surface area contributed by atoms with E-state index in [4.69, 9.17) is 4.74 Å². The third kappa shape index (κ3) is 3.76. The molecule has 168 valence electrons. The summed E-state index contributed by atoms with van der Waals surface area (Å²) in [6.45, 7) is 0. The zero-order chi connectivity index (χ0) is 23.7. The number of aromatic nitrogens is 2. The van der Waals surface area contributed by atoms with Gasteiger partial charge in [-0.25, -0.2) is 13.4 Å². The molecule has 0 bridgehead atoms. The predicted octanol–water partition coefficient (Wildman–Crippen LogP) is 4.57. The minimum absolute atomic E-state index is 0.0886. The van der Waals surface area contributed by atoms with Crippen LogP contribution in [0.15, 0.2) is 96.3 Å². The van der Waals surface area contributed by atoms with Crippen LogP contribution in [0.25, 0.3) is 0 Å². The smallest absolute Gasteiger partial charge is 0.345 e. The number of ether oxygens (including phenoxy) is 1. The fourth-order valence-electron chi connectivity index (χ4n) is 3.47. The van der Waals surface area contributed by atoms with E-state index in [9.17, 15) is 18.0 Å². The molecule has 1 N–H and O–H groups in total. The lowest BCUT2D eigenvalue weighted by Crippen LogP contribution is -2.25. The number of nitrogens with zero attached hydrogens (tertiary/aromatic N) is 3. The van der Waals surface area contributed by atoms with Crippen molar-refractivity contribution < 1.29 is 22.7 Å². The van der Waals surface area contributed by atoms with E-state index in [0.29, 0.717) is 11.4 Å². The van der Waals surface area contributed by atoms with E-state index >= 15 is 0 Å². The van der Waals surface area contributed by atoms with Crippen LogP contribution in [-0.2, 0) is 9.84 Å². The summed E-state index contributed by atoms with van der Waals surface area (Å²) in [6.07, 6.45) is 4.61. The number of rotatable bonds is 3. The molecule has 1 aliphatic heterocycles. The van der Waals surface area contributed by atoms with Gasteiger partial charge in [-0.05, 0) is 48.5 Å². The molecule has 10 heteroatoms. The number of amides is 2. The number of benzene rings is 2. The van der Waals surface area contributed by atoms with Crippen LogP contribution in [-0.4, -0.2) is 29.5 Å². The Morgan fingerprint density at radius 1 is 0.912 bits per heavy atom. The molecule has 2 aromatic carbocycles. The first-order chi connectivity index (χ1) is 16.4. The normalized spacial score (nSPS) is 12.7. The van der Waals surface area contributed by atoms with E-state index in [-0.39, 0.29) is 33.7 Å². The summed E-state index contributed by atoms with van der Waals surface area (Å²) in [4.78, 5) is 35.5. The van der Waals surface area contributed by atoms with Crippen LogP contribution in [0.1, 0.15) is 10.4 Å². The monoisotopic (exact) mass is 472 g/mol. The van der Waals surface area contributed by atoms with Crippen molar-refractivity contribution in [1.29, 1.82) is 0 Å². The van der Waals surface area contributed by atoms with Crippen molar-refractivity contribution in [3.63, 3.8) is 0 Å². The lowest BCUT2D eigenvalue weighted by molar-refractivity contribution is 0.0999. The molecule has 2 amide bonds. The van der Waals surface area contributed by atoms with Gasteiger partial charge in [-0.1, -0.05) is 18.2 Å². The number of sulfone groups is 1. The van der Waals surface area contributed by atoms with E-state index in [2.05, 4.69) is 15.3 Å². The first-order valence-corrected chi connectivity index (χ1v) is 11.6. The molecule has 2 aromatic heterocycles. The second kappa shape index (κ2) is 8.41. The summed E-state index contributed by atoms with van der Waals surface area (Å²) in [6, 6.07) is 18.5. The maximum absolute atomic E-state index is 13.4. The fraction of sp³-hybridized carbons (Fsp3) is 0. The molecule has 4 aromatic rings. The minimum Gasteiger partial charge on any atom is -0.436 e. The van der Waals surface area contributed by atoms with Crippen LogP contribution in [0.3, 0.4) is 0 Å². The summed E-state index contributed by atoms with van der Waals surface area (Å²) in [5, 5.41) is 1.21. The molecule has 0 radical (unpaired) electrons. The van der Waals surface area contributed by atoms with Crippen molar-refractivity contribution in [3.8, 4) is 11.6 Å². The molecule has 1 aliphatic rings. The number of anilines is 3. The number of nitrogens with one attached hydrogen (secondary N) is 1. The first kappa shape index (κ1) is 21.3. The zero-order valence-electron chi connectivity index (χ0n) is 17.5. The van der Waals surface area contributed by atoms with Gasteiger partial charge in [0.05, 0.1) is 16.3 Å². The Balaban J connectivity index is 1.56. The van der Waals surface area contributed by atoms with E-state index in [0.717, 1.165) is 0 Å². The topological polar surface area (TPSA) is 119 Å². The molecule has 0 unspecified atom stereocenters. The van der Waals surface area contributed by atoms with Gasteiger partial charge < -0.3 is 10.1 Å². The number of pyridine rings is 2. The van der Waals surface area contributed by atoms with Gasteiger partial charge in [-0.3, -0.25) is 19.5 Å². The molecule has 5 rings (SSSR count). The molecule has 34 heavy (non-hydrogen) atoms. The van der Waals surface area contributed by atoms with Gasteiger partial charge in [0.2, 0.25) is 5.88 Å². The van der Waals surface area contributed by atoms with Crippen molar-refractivity contribution in [3.05, 3.63) is 97.0 Å². The van der Waals surface area contributed by atoms with Crippen LogP contribution < -0.4 is 15.0 Å². The lowest BCUT2D eigenvalue weighted by Gasteiger charge is -2.22. The molecular formula is C24H16N4O5S. The van der Waals surface area contributed by atoms with Crippen LogP contribution in [0.2, 0.25) is 0 Å². The SMILES string of the molecule is O=C1c2cccnc2Oc2cc(NC(=O)S(=O)(=O)c3ccccc3)ccc2N1c1ccncc1. The highest BCUT2D eigenvalue weighted by molar-refractivity contribution is 8.06. The number of carbonyl (C=O) groups excluding carboxylic acids is 2. The molecular weight excluding hydrogens is 456 g/mol. The zero-order valence-corrected chi connectivity index (χ0v) is 18.3. The summed E-state index contributed by atoms with van der Waals surface area (Å²) in [7, 11) is -4.25. The minimum atomic E-state index is -4.25. The van der Waals surface area contributed by atoms with Gasteiger partial charge in [-0.15, -0.1) is 0 Å². The second-order valence-corrected chi connectivity index (χ2v) is 9.06. The van der Waals surface area contributed by atoms with Crippen LogP contribution in [0.4, 0.5) is 21.9 Å². The van der Waals surface area contributed by atoms with Crippen LogP contribution in [0, 0.1) is 0 Å². The summed E-state index contributed by atoms with van der Waals surface area (Å²) in [5.74, 6) is -0.0697. The Morgan fingerprint density at radius 3 is 2.44 bits per heavy atom. The Kier molecular flexibility index (Phi) is 5.27. The van der Waals surface area contributed by atoms with Crippen LogP contribution >= 0.6 is 0 Å². The van der Waals surface area contributed by atoms with Crippen molar-refractivity contribution >= 4 is 38.0 Å². The second-order valence-electron chi connectivity index (χ2n) is 7.22. The molecule has 0 spiro atoms. The van der Waals surface area contributed by atoms with Gasteiger partial charge in [0.1, 0.15) is 5.56 Å². The quantitative estimate of drug-likeness (QED) is 0.464. The molecule has 0 aliphatic carbocycles. The molecule has 0 saturated heterocycles. The Morgan fingerprint density at radius 2 is 1.68 bits per heavy atom. The maximum Gasteiger partial charge on any atom is 0.345 e. The average molecular weight is 472 g/mol. The van der Waals surface area contributed by atoms with E-state index in [1.807, 2.05) is 0 Å². The fourth-order valence-corrected chi connectivity index (χ4v) is 4.45. The van der Waals surface area contributed by atoms with Gasteiger partial charge in [0.25, 0.3) is 15.7 Å². The number of hydrogen-bond acceptors (Lipinski definition) is 7. The predicted molar refractivity (Wildman–Crippen MR) is 124 cm³/mol. The summed E-state index contributed by atoms with van der Waals surface area (Å²) < 4.78 is 31.2. The van der Waals surface area contributed by atoms with Crippen molar-refractivity contribution in [1.82, 2.24) is 9.97 Å². The van der Waals surface area contributed by atoms with Crippen molar-refractivity contribution in [2.24, 2.45) is 0 Å². The summed E-state index contributed by atoms with van der Waals surface area (Å²) in [5.41, 5.74) is 1.35. The largest absolute Gasteiger partial charge is 0.436 e.